The molecule has 1 heterocycles. The van der Waals surface area contributed by atoms with Crippen molar-refractivity contribution in [3.05, 3.63) is 53.9 Å². The molecule has 0 aliphatic heterocycles. The maximum atomic E-state index is 11.3. The first-order chi connectivity index (χ1) is 9.72. The van der Waals surface area contributed by atoms with Crippen LogP contribution in [0.25, 0.3) is 0 Å². The van der Waals surface area contributed by atoms with Crippen LogP contribution in [0.4, 0.5) is 5.69 Å². The van der Waals surface area contributed by atoms with Crippen LogP contribution in [0.1, 0.15) is 29.3 Å². The molecular weight excluding hydrogens is 252 g/mol. The zero-order valence-corrected chi connectivity index (χ0v) is 11.9. The van der Waals surface area contributed by atoms with Crippen LogP contribution >= 0.6 is 0 Å². The lowest BCUT2D eigenvalue weighted by atomic mass is 10.2. The van der Waals surface area contributed by atoms with E-state index in [0.717, 1.165) is 25.2 Å². The zero-order chi connectivity index (χ0) is 14.4. The van der Waals surface area contributed by atoms with Crippen molar-refractivity contribution < 1.29 is 9.53 Å². The van der Waals surface area contributed by atoms with E-state index >= 15 is 0 Å². The molecule has 106 valence electrons. The lowest BCUT2D eigenvalue weighted by molar-refractivity contribution is 0.0601. The van der Waals surface area contributed by atoms with Gasteiger partial charge in [-0.2, -0.15) is 0 Å². The molecule has 0 radical (unpaired) electrons. The molecule has 4 nitrogen and oxygen atoms in total. The predicted molar refractivity (Wildman–Crippen MR) is 79.8 cm³/mol. The summed E-state index contributed by atoms with van der Waals surface area (Å²) in [6, 6.07) is 9.41. The lowest BCUT2D eigenvalue weighted by Gasteiger charge is -2.06. The largest absolute Gasteiger partial charge is 0.465 e. The van der Waals surface area contributed by atoms with Gasteiger partial charge in [0.1, 0.15) is 0 Å². The molecule has 2 aromatic rings. The molecule has 0 saturated heterocycles. The Hall–Kier alpha value is -2.23. The molecule has 1 aromatic carbocycles. The number of methoxy groups -OCH3 is 1. The van der Waals surface area contributed by atoms with Crippen molar-refractivity contribution in [1.29, 1.82) is 0 Å². The van der Waals surface area contributed by atoms with Crippen LogP contribution in [0.2, 0.25) is 0 Å². The second-order valence-electron chi connectivity index (χ2n) is 4.68. The molecule has 0 unspecified atom stereocenters. The minimum Gasteiger partial charge on any atom is -0.465 e. The number of carbonyl (C=O) groups is 1. The second-order valence-corrected chi connectivity index (χ2v) is 4.68. The smallest absolute Gasteiger partial charge is 0.337 e. The predicted octanol–water partition coefficient (Wildman–Crippen LogP) is 3.30. The first-order valence-corrected chi connectivity index (χ1v) is 6.80. The van der Waals surface area contributed by atoms with Crippen LogP contribution in [-0.2, 0) is 17.8 Å². The van der Waals surface area contributed by atoms with Crippen molar-refractivity contribution in [2.24, 2.45) is 0 Å². The Bertz CT molecular complexity index is 558. The quantitative estimate of drug-likeness (QED) is 0.820. The van der Waals surface area contributed by atoms with Gasteiger partial charge < -0.3 is 14.6 Å². The Morgan fingerprint density at radius 3 is 2.65 bits per heavy atom. The van der Waals surface area contributed by atoms with E-state index in [4.69, 9.17) is 0 Å². The van der Waals surface area contributed by atoms with Crippen LogP contribution in [0, 0.1) is 0 Å². The molecule has 1 aromatic heterocycles. The number of carbonyl (C=O) groups excluding carboxylic acids is 1. The summed E-state index contributed by atoms with van der Waals surface area (Å²) in [5.41, 5.74) is 2.79. The van der Waals surface area contributed by atoms with Gasteiger partial charge in [-0.25, -0.2) is 4.79 Å². The molecular formula is C16H20N2O2. The number of nitrogens with one attached hydrogen (secondary N) is 1. The summed E-state index contributed by atoms with van der Waals surface area (Å²) in [7, 11) is 1.38. The number of ether oxygens (including phenoxy) is 1. The van der Waals surface area contributed by atoms with E-state index in [0.29, 0.717) is 5.56 Å². The van der Waals surface area contributed by atoms with E-state index in [1.807, 2.05) is 12.1 Å². The number of nitrogens with zero attached hydrogens (tertiary/aromatic N) is 1. The fourth-order valence-corrected chi connectivity index (χ4v) is 2.04. The third kappa shape index (κ3) is 3.63. The molecule has 4 heteroatoms. The molecule has 0 atom stereocenters. The van der Waals surface area contributed by atoms with Gasteiger partial charge in [-0.15, -0.1) is 0 Å². The Labute approximate surface area is 119 Å². The minimum absolute atomic E-state index is 0.312. The zero-order valence-electron chi connectivity index (χ0n) is 11.9. The summed E-state index contributed by atoms with van der Waals surface area (Å²) in [5.74, 6) is -0.312. The lowest BCUT2D eigenvalue weighted by Crippen LogP contribution is -2.02. The Morgan fingerprint density at radius 2 is 2.00 bits per heavy atom. The van der Waals surface area contributed by atoms with Crippen LogP contribution in [0.5, 0.6) is 0 Å². The van der Waals surface area contributed by atoms with Gasteiger partial charge in [-0.3, -0.25) is 0 Å². The van der Waals surface area contributed by atoms with E-state index in [-0.39, 0.29) is 5.97 Å². The first kappa shape index (κ1) is 14.2. The first-order valence-electron chi connectivity index (χ1n) is 6.80. The molecule has 2 rings (SSSR count). The monoisotopic (exact) mass is 272 g/mol. The standard InChI is InChI=1S/C16H20N2O2/c1-3-9-18-10-8-13(12-18)11-17-15-6-4-14(5-7-15)16(19)20-2/h4-8,10,12,17H,3,9,11H2,1-2H3. The molecule has 0 aliphatic carbocycles. The van der Waals surface area contributed by atoms with Crippen LogP contribution < -0.4 is 5.32 Å². The minimum atomic E-state index is -0.312. The third-order valence-corrected chi connectivity index (χ3v) is 3.10. The number of anilines is 1. The summed E-state index contributed by atoms with van der Waals surface area (Å²) in [5, 5.41) is 3.34. The molecule has 0 spiro atoms. The molecule has 1 N–H and O–H groups in total. The molecule has 0 aliphatic rings. The average molecular weight is 272 g/mol. The van der Waals surface area contributed by atoms with Gasteiger partial charge in [0, 0.05) is 31.2 Å². The normalized spacial score (nSPS) is 10.3. The molecule has 20 heavy (non-hydrogen) atoms. The van der Waals surface area contributed by atoms with Crippen LogP contribution in [-0.4, -0.2) is 17.6 Å². The number of benzene rings is 1. The molecule has 0 amide bonds. The fraction of sp³-hybridized carbons (Fsp3) is 0.312. The fourth-order valence-electron chi connectivity index (χ4n) is 2.04. The highest BCUT2D eigenvalue weighted by molar-refractivity contribution is 5.89. The van der Waals surface area contributed by atoms with Crippen molar-refractivity contribution in [3.8, 4) is 0 Å². The molecule has 0 saturated carbocycles. The van der Waals surface area contributed by atoms with Crippen LogP contribution in [0.15, 0.2) is 42.7 Å². The van der Waals surface area contributed by atoms with E-state index in [9.17, 15) is 4.79 Å². The molecule has 0 fully saturated rings. The summed E-state index contributed by atoms with van der Waals surface area (Å²) in [4.78, 5) is 11.3. The number of aryl methyl sites for hydroxylation is 1. The van der Waals surface area contributed by atoms with E-state index in [1.165, 1.54) is 12.7 Å². The third-order valence-electron chi connectivity index (χ3n) is 3.10. The van der Waals surface area contributed by atoms with E-state index in [2.05, 4.69) is 40.0 Å². The van der Waals surface area contributed by atoms with E-state index < -0.39 is 0 Å². The van der Waals surface area contributed by atoms with Gasteiger partial charge in [-0.1, -0.05) is 6.92 Å². The van der Waals surface area contributed by atoms with Gasteiger partial charge in [0.2, 0.25) is 0 Å². The number of hydrogen-bond donors (Lipinski definition) is 1. The second kappa shape index (κ2) is 6.80. The number of esters is 1. The average Bonchev–Trinajstić information content (AvgIpc) is 2.93. The van der Waals surface area contributed by atoms with Crippen molar-refractivity contribution in [3.63, 3.8) is 0 Å². The van der Waals surface area contributed by atoms with Gasteiger partial charge in [0.05, 0.1) is 12.7 Å². The Morgan fingerprint density at radius 1 is 1.25 bits per heavy atom. The maximum absolute atomic E-state index is 11.3. The highest BCUT2D eigenvalue weighted by Gasteiger charge is 2.04. The van der Waals surface area contributed by atoms with Crippen molar-refractivity contribution in [2.75, 3.05) is 12.4 Å². The summed E-state index contributed by atoms with van der Waals surface area (Å²) in [6.07, 6.45) is 5.39. The summed E-state index contributed by atoms with van der Waals surface area (Å²) >= 11 is 0. The topological polar surface area (TPSA) is 43.3 Å². The number of hydrogen-bond acceptors (Lipinski definition) is 3. The SMILES string of the molecule is CCCn1ccc(CNc2ccc(C(=O)OC)cc2)c1. The maximum Gasteiger partial charge on any atom is 0.337 e. The van der Waals surface area contributed by atoms with Gasteiger partial charge in [-0.05, 0) is 42.3 Å². The van der Waals surface area contributed by atoms with Crippen molar-refractivity contribution >= 4 is 11.7 Å². The number of aromatic nitrogens is 1. The van der Waals surface area contributed by atoms with Gasteiger partial charge in [0.25, 0.3) is 0 Å². The highest BCUT2D eigenvalue weighted by Crippen LogP contribution is 2.12. The highest BCUT2D eigenvalue weighted by atomic mass is 16.5. The van der Waals surface area contributed by atoms with Gasteiger partial charge in [0.15, 0.2) is 0 Å². The summed E-state index contributed by atoms with van der Waals surface area (Å²) < 4.78 is 6.86. The van der Waals surface area contributed by atoms with Crippen molar-refractivity contribution in [1.82, 2.24) is 4.57 Å². The van der Waals surface area contributed by atoms with E-state index in [1.54, 1.807) is 12.1 Å². The Kier molecular flexibility index (Phi) is 4.82. The van der Waals surface area contributed by atoms with Gasteiger partial charge >= 0.3 is 5.97 Å². The molecule has 0 bridgehead atoms. The van der Waals surface area contributed by atoms with Crippen LogP contribution in [0.3, 0.4) is 0 Å². The van der Waals surface area contributed by atoms with Crippen molar-refractivity contribution in [2.45, 2.75) is 26.4 Å². The summed E-state index contributed by atoms with van der Waals surface area (Å²) in [6.45, 7) is 3.99. The number of rotatable bonds is 6. The Balaban J connectivity index is 1.91.